The second-order valence-electron chi connectivity index (χ2n) is 22.6. The van der Waals surface area contributed by atoms with Crippen LogP contribution in [0.5, 0.6) is 0 Å². The first-order valence-electron chi connectivity index (χ1n) is 30.1. The average Bonchev–Trinajstić information content (AvgIpc) is 0.771. The Kier molecular flexibility index (Phi) is 27.4. The number of rotatable bonds is 15. The summed E-state index contributed by atoms with van der Waals surface area (Å²) in [5, 5.41) is 0. The first-order valence-corrected chi connectivity index (χ1v) is 40.6. The summed E-state index contributed by atoms with van der Waals surface area (Å²) in [5.74, 6) is -38.5. The van der Waals surface area contributed by atoms with Gasteiger partial charge in [-0.2, -0.15) is 0 Å². The van der Waals surface area contributed by atoms with Crippen molar-refractivity contribution in [3.63, 3.8) is 0 Å². The zero-order valence-corrected chi connectivity index (χ0v) is 63.6. The van der Waals surface area contributed by atoms with Crippen molar-refractivity contribution < 1.29 is 126 Å². The Morgan fingerprint density at radius 2 is 0.443 bits per heavy atom. The SMILES string of the molecule is Cc1cccc([S+](c2ccc(Sc3ccc([I+]c4ccc(Sc5ccc([S+](c6cccc(C)c6C)c6cccc(C)c6C)cc5)cc4)cc3)cc2)c2cccc(C)c2C)c1C.O=S(=O)([O-])c1c(F)c(F)c(F)c(F)c1F.O=S(=O)([O-])c1c(F)c(F)c(F)c(F)c1F.O=S(=O)([O-])c1c(F)c(F)c(F)c(F)c1F. The average molecular weight is 1720 g/mol. The molecule has 0 saturated carbocycles. The van der Waals surface area contributed by atoms with E-state index in [1.54, 1.807) is 0 Å². The lowest BCUT2D eigenvalue weighted by Gasteiger charge is -2.14. The van der Waals surface area contributed by atoms with Crippen LogP contribution in [0.15, 0.2) is 233 Å². The zero-order valence-electron chi connectivity index (χ0n) is 55.7. The minimum atomic E-state index is -5.77. The molecule has 11 aromatic carbocycles. The summed E-state index contributed by atoms with van der Waals surface area (Å²) in [6, 6.07) is 64.2. The van der Waals surface area contributed by atoms with Crippen molar-refractivity contribution in [3.05, 3.63) is 309 Å². The van der Waals surface area contributed by atoms with Gasteiger partial charge in [-0.25, -0.2) is 91.1 Å². The van der Waals surface area contributed by atoms with Crippen LogP contribution in [-0.4, -0.2) is 38.9 Å². The zero-order chi connectivity index (χ0) is 78.5. The van der Waals surface area contributed by atoms with Gasteiger partial charge in [0, 0.05) is 41.8 Å². The molecule has 0 aliphatic carbocycles. The van der Waals surface area contributed by atoms with E-state index < -0.39 is 132 Å². The first kappa shape index (κ1) is 83.9. The van der Waals surface area contributed by atoms with Crippen LogP contribution in [0.4, 0.5) is 65.9 Å². The van der Waals surface area contributed by atoms with Crippen LogP contribution < -0.4 is 21.2 Å². The number of aryl methyl sites for hydroxylation is 4. The van der Waals surface area contributed by atoms with Gasteiger partial charge in [0.05, 0.1) is 21.8 Å². The number of benzene rings is 11. The first-order chi connectivity index (χ1) is 49.6. The molecule has 0 aromatic heterocycles. The van der Waals surface area contributed by atoms with E-state index in [9.17, 15) is 105 Å². The molecule has 0 atom stereocenters. The quantitative estimate of drug-likeness (QED) is 0.0239. The van der Waals surface area contributed by atoms with E-state index in [4.69, 9.17) is 0 Å². The van der Waals surface area contributed by atoms with E-state index in [1.165, 1.54) is 101 Å². The van der Waals surface area contributed by atoms with Crippen LogP contribution in [0.1, 0.15) is 44.5 Å². The van der Waals surface area contributed by atoms with Crippen molar-refractivity contribution in [1.29, 1.82) is 0 Å². The maximum absolute atomic E-state index is 12.6. The maximum atomic E-state index is 12.6. The van der Waals surface area contributed by atoms with E-state index in [1.807, 2.05) is 23.5 Å². The molecule has 11 rings (SSSR count). The Hall–Kier alpha value is -7.77. The second-order valence-corrected chi connectivity index (χ2v) is 35.8. The standard InChI is InChI=1S/C56H52IS4.3C6HF5O3S/c1-37-13-9-17-53(41(37)5)60(54-18-10-14-38(2)42(54)6)51-33-29-49(30-34-51)58-47-25-21-45(22-26-47)57-46-23-27-48(28-24-46)59-50-31-35-52(36-32-50)61(55-19-11-15-39(3)43(55)7)56-20-12-16-40(4)44(56)8;3*7-1-2(8)4(10)6(15(12,13)14)5(11)3(1)9/h9-36H,1-8H3;3*(H,12,13,14)/q+3;;;/p-3. The highest BCUT2D eigenvalue weighted by atomic mass is 127. The molecule has 0 bridgehead atoms. The topological polar surface area (TPSA) is 172 Å². The van der Waals surface area contributed by atoms with Crippen LogP contribution in [0.3, 0.4) is 0 Å². The van der Waals surface area contributed by atoms with Crippen LogP contribution in [0.2, 0.25) is 0 Å². The molecule has 106 heavy (non-hydrogen) atoms. The monoisotopic (exact) mass is 1720 g/mol. The Morgan fingerprint density at radius 1 is 0.264 bits per heavy atom. The van der Waals surface area contributed by atoms with Crippen LogP contribution in [-0.2, 0) is 52.1 Å². The molecular weight excluding hydrogens is 1670 g/mol. The fourth-order valence-corrected chi connectivity index (χ4v) is 20.4. The van der Waals surface area contributed by atoms with Gasteiger partial charge in [-0.15, -0.1) is 0 Å². The normalized spacial score (nSPS) is 11.6. The fraction of sp³-hybridized carbons (Fsp3) is 0.108. The summed E-state index contributed by atoms with van der Waals surface area (Å²) in [5.41, 5.74) is 10.9. The Bertz CT molecular complexity index is 4920. The summed E-state index contributed by atoms with van der Waals surface area (Å²) in [6.45, 7) is 18.0. The summed E-state index contributed by atoms with van der Waals surface area (Å²) in [4.78, 5) is 6.34. The number of hydrogen-bond acceptors (Lipinski definition) is 11. The van der Waals surface area contributed by atoms with E-state index in [0.717, 1.165) is 0 Å². The lowest BCUT2D eigenvalue weighted by Crippen LogP contribution is -3.61. The number of hydrogen-bond donors (Lipinski definition) is 0. The van der Waals surface area contributed by atoms with Crippen molar-refractivity contribution in [1.82, 2.24) is 0 Å². The van der Waals surface area contributed by atoms with Gasteiger partial charge in [-0.3, -0.25) is 0 Å². The highest BCUT2D eigenvalue weighted by Gasteiger charge is 2.36. The van der Waals surface area contributed by atoms with Gasteiger partial charge in [-0.05, 0) is 199 Å². The molecule has 0 fully saturated rings. The summed E-state index contributed by atoms with van der Waals surface area (Å²) in [6.07, 6.45) is 0. The third-order valence-corrected chi connectivity index (χ3v) is 28.1. The molecule has 0 saturated heterocycles. The van der Waals surface area contributed by atoms with Crippen LogP contribution in [0, 0.1) is 150 Å². The van der Waals surface area contributed by atoms with Crippen molar-refractivity contribution in [2.24, 2.45) is 0 Å². The lowest BCUT2D eigenvalue weighted by atomic mass is 10.1. The molecule has 0 aliphatic heterocycles. The van der Waals surface area contributed by atoms with Gasteiger partial charge >= 0.3 is 21.2 Å². The fourth-order valence-electron chi connectivity index (χ4n) is 9.76. The van der Waals surface area contributed by atoms with Gasteiger partial charge in [0.1, 0.15) is 45.0 Å². The highest BCUT2D eigenvalue weighted by Crippen LogP contribution is 2.41. The van der Waals surface area contributed by atoms with Gasteiger partial charge in [0.15, 0.2) is 106 Å². The van der Waals surface area contributed by atoms with Gasteiger partial charge < -0.3 is 13.7 Å². The second kappa shape index (κ2) is 34.6. The van der Waals surface area contributed by atoms with Crippen LogP contribution >= 0.6 is 23.5 Å². The molecule has 0 aliphatic rings. The van der Waals surface area contributed by atoms with E-state index in [2.05, 4.69) is 225 Å². The summed E-state index contributed by atoms with van der Waals surface area (Å²) < 4.78 is 282. The Labute approximate surface area is 624 Å². The van der Waals surface area contributed by atoms with Crippen molar-refractivity contribution in [3.8, 4) is 0 Å². The molecule has 9 nitrogen and oxygen atoms in total. The third-order valence-electron chi connectivity index (χ3n) is 15.8. The molecular formula is C74H52F15IO9S7. The van der Waals surface area contributed by atoms with Crippen LogP contribution in [0.25, 0.3) is 0 Å². The molecule has 556 valence electrons. The third kappa shape index (κ3) is 19.0. The molecule has 0 N–H and O–H groups in total. The smallest absolute Gasteiger partial charge is 0.357 e. The molecule has 0 radical (unpaired) electrons. The molecule has 32 heteroatoms. The van der Waals surface area contributed by atoms with Crippen molar-refractivity contribution in [2.45, 2.75) is 119 Å². The Morgan fingerprint density at radius 3 is 0.632 bits per heavy atom. The van der Waals surface area contributed by atoms with Crippen molar-refractivity contribution >= 4 is 75.7 Å². The van der Waals surface area contributed by atoms with E-state index in [-0.39, 0.29) is 43.0 Å². The van der Waals surface area contributed by atoms with Gasteiger partial charge in [0.25, 0.3) is 0 Å². The van der Waals surface area contributed by atoms with E-state index in [0.29, 0.717) is 0 Å². The van der Waals surface area contributed by atoms with Gasteiger partial charge in [0.2, 0.25) is 17.5 Å². The van der Waals surface area contributed by atoms with E-state index >= 15 is 0 Å². The highest BCUT2D eigenvalue weighted by molar-refractivity contribution is 8.00. The molecule has 0 amide bonds. The minimum Gasteiger partial charge on any atom is -0.744 e. The van der Waals surface area contributed by atoms with Gasteiger partial charge in [-0.1, -0.05) is 72.1 Å². The largest absolute Gasteiger partial charge is 0.744 e. The minimum absolute atomic E-state index is 0.172. The predicted molar refractivity (Wildman–Crippen MR) is 362 cm³/mol. The molecule has 11 aromatic rings. The maximum Gasteiger partial charge on any atom is 0.357 e. The van der Waals surface area contributed by atoms with Crippen molar-refractivity contribution in [2.75, 3.05) is 0 Å². The number of halogens is 16. The molecule has 0 unspecified atom stereocenters. The summed E-state index contributed by atoms with van der Waals surface area (Å²) in [7, 11) is -17.7. The Balaban J connectivity index is 0.000000252. The summed E-state index contributed by atoms with van der Waals surface area (Å²) >= 11 is 3.42. The lowest BCUT2D eigenvalue weighted by molar-refractivity contribution is -0.597. The molecule has 0 heterocycles. The molecule has 0 spiro atoms. The predicted octanol–water partition coefficient (Wildman–Crippen LogP) is 16.6.